The lowest BCUT2D eigenvalue weighted by atomic mass is 9.93. The molecule has 5 aromatic rings. The van der Waals surface area contributed by atoms with Gasteiger partial charge in [0.1, 0.15) is 29.1 Å². The number of aliphatic hydroxyl groups is 1. The Hall–Kier alpha value is -3.64. The lowest BCUT2D eigenvalue weighted by Gasteiger charge is -2.28. The van der Waals surface area contributed by atoms with Gasteiger partial charge in [0.2, 0.25) is 5.88 Å². The van der Waals surface area contributed by atoms with E-state index in [1.807, 2.05) is 53.1 Å². The molecule has 6 rings (SSSR count). The van der Waals surface area contributed by atoms with Gasteiger partial charge in [-0.25, -0.2) is 9.97 Å². The average Bonchev–Trinajstić information content (AvgIpc) is 3.68. The highest BCUT2D eigenvalue weighted by atomic mass is 32.1. The maximum absolute atomic E-state index is 12.7. The van der Waals surface area contributed by atoms with Gasteiger partial charge in [-0.05, 0) is 11.6 Å². The maximum Gasteiger partial charge on any atom is 0.214 e. The number of aliphatic hydroxyl groups excluding tert-OH is 1. The molecule has 42 heavy (non-hydrogen) atoms. The van der Waals surface area contributed by atoms with Crippen LogP contribution in [0.1, 0.15) is 37.8 Å². The summed E-state index contributed by atoms with van der Waals surface area (Å²) in [6, 6.07) is 13.6. The van der Waals surface area contributed by atoms with Gasteiger partial charge in [-0.2, -0.15) is 0 Å². The normalized spacial score (nSPS) is 15.4. The van der Waals surface area contributed by atoms with E-state index in [0.717, 1.165) is 51.0 Å². The van der Waals surface area contributed by atoms with Gasteiger partial charge in [-0.1, -0.05) is 61.5 Å². The highest BCUT2D eigenvalue weighted by Crippen LogP contribution is 2.30. The Kier molecular flexibility index (Phi) is 8.09. The number of hydrogen-bond acceptors (Lipinski definition) is 10. The first-order chi connectivity index (χ1) is 20.2. The molecule has 4 aromatic heterocycles. The third kappa shape index (κ3) is 6.54. The summed E-state index contributed by atoms with van der Waals surface area (Å²) in [5.41, 5.74) is 4.25. The van der Waals surface area contributed by atoms with Crippen LogP contribution in [0.3, 0.4) is 0 Å². The van der Waals surface area contributed by atoms with Gasteiger partial charge in [-0.15, -0.1) is 0 Å². The minimum absolute atomic E-state index is 0.0907. The summed E-state index contributed by atoms with van der Waals surface area (Å²) in [5.74, 6) is 1.35. The number of imidazole rings is 1. The van der Waals surface area contributed by atoms with Gasteiger partial charge in [0.15, 0.2) is 4.96 Å². The van der Waals surface area contributed by atoms with Gasteiger partial charge in [0.05, 0.1) is 36.5 Å². The molecule has 1 N–H and O–H groups in total. The number of hydrogen-bond donors (Lipinski definition) is 1. The molecule has 1 aromatic carbocycles. The fourth-order valence-electron chi connectivity index (χ4n) is 4.94. The molecular weight excluding hydrogens is 554 g/mol. The number of rotatable bonds is 10. The van der Waals surface area contributed by atoms with E-state index < -0.39 is 6.10 Å². The predicted octanol–water partition coefficient (Wildman–Crippen LogP) is 4.32. The van der Waals surface area contributed by atoms with Gasteiger partial charge in [0.25, 0.3) is 0 Å². The number of ketones is 1. The van der Waals surface area contributed by atoms with E-state index in [9.17, 15) is 9.90 Å². The largest absolute Gasteiger partial charge is 0.475 e. The minimum atomic E-state index is -0.594. The molecular formula is C31H35N5O5S. The number of fused-ring (bicyclic) bond motifs is 3. The van der Waals surface area contributed by atoms with Crippen molar-refractivity contribution < 1.29 is 23.9 Å². The second-order valence-electron chi connectivity index (χ2n) is 11.8. The molecule has 220 valence electrons. The number of aromatic nitrogens is 4. The fourth-order valence-corrected chi connectivity index (χ4v) is 5.91. The molecule has 0 radical (unpaired) electrons. The third-order valence-electron chi connectivity index (χ3n) is 7.26. The number of β-amino-alcohol motifs (C(OH)–C–C–N with tert-alkyl or cyclic N) is 1. The van der Waals surface area contributed by atoms with E-state index >= 15 is 0 Å². The molecule has 1 aliphatic heterocycles. The highest BCUT2D eigenvalue weighted by Gasteiger charge is 2.21. The Morgan fingerprint density at radius 2 is 1.88 bits per heavy atom. The van der Waals surface area contributed by atoms with Crippen LogP contribution < -0.4 is 4.74 Å². The summed E-state index contributed by atoms with van der Waals surface area (Å²) < 4.78 is 18.6. The summed E-state index contributed by atoms with van der Waals surface area (Å²) >= 11 is 1.49. The molecule has 0 amide bonds. The third-order valence-corrected chi connectivity index (χ3v) is 8.22. The number of nitrogens with zero attached hydrogens (tertiary/aromatic N) is 5. The Morgan fingerprint density at radius 1 is 1.10 bits per heavy atom. The van der Waals surface area contributed by atoms with Crippen molar-refractivity contribution in [1.29, 1.82) is 0 Å². The lowest BCUT2D eigenvalue weighted by Crippen LogP contribution is -2.42. The quantitative estimate of drug-likeness (QED) is 0.254. The summed E-state index contributed by atoms with van der Waals surface area (Å²) in [4.78, 5) is 25.9. The van der Waals surface area contributed by atoms with Crippen LogP contribution in [0.5, 0.6) is 5.88 Å². The summed E-state index contributed by atoms with van der Waals surface area (Å²) in [5, 5.41) is 14.4. The van der Waals surface area contributed by atoms with Crippen molar-refractivity contribution >= 4 is 32.4 Å². The standard InChI is InChI=1S/C31H35N5O5S/c1-31(2,3)27-16-22(34-41-27)15-23(37)14-20-4-6-21(7-5-20)25-18-36-26-8-9-28(33-29(26)42-30(36)32-25)40-19-24(38)17-35-10-12-39-13-11-35/h4-9,16,18,24,38H,10-15,17,19H2,1-3H3. The van der Waals surface area contributed by atoms with Crippen molar-refractivity contribution in [3.05, 3.63) is 65.7 Å². The van der Waals surface area contributed by atoms with Gasteiger partial charge < -0.3 is 19.1 Å². The molecule has 1 atom stereocenters. The van der Waals surface area contributed by atoms with E-state index in [1.54, 1.807) is 0 Å². The number of morpholine rings is 1. The van der Waals surface area contributed by atoms with Crippen molar-refractivity contribution in [3.8, 4) is 17.1 Å². The predicted molar refractivity (Wildman–Crippen MR) is 160 cm³/mol. The molecule has 5 heterocycles. The molecule has 1 fully saturated rings. The Morgan fingerprint density at radius 3 is 2.62 bits per heavy atom. The number of benzene rings is 1. The van der Waals surface area contributed by atoms with Crippen LogP contribution in [0.25, 0.3) is 26.6 Å². The summed E-state index contributed by atoms with van der Waals surface area (Å²) in [6.07, 6.45) is 1.99. The molecule has 0 bridgehead atoms. The Balaban J connectivity index is 1.07. The number of thiazole rings is 1. The average molecular weight is 590 g/mol. The molecule has 1 aliphatic rings. The second kappa shape index (κ2) is 11.9. The fraction of sp³-hybridized carbons (Fsp3) is 0.419. The smallest absolute Gasteiger partial charge is 0.214 e. The minimum Gasteiger partial charge on any atom is -0.475 e. The first-order valence-corrected chi connectivity index (χ1v) is 15.0. The zero-order valence-corrected chi connectivity index (χ0v) is 24.9. The maximum atomic E-state index is 12.7. The van der Waals surface area contributed by atoms with E-state index in [2.05, 4.69) is 35.8 Å². The monoisotopic (exact) mass is 589 g/mol. The van der Waals surface area contributed by atoms with Crippen LogP contribution in [0, 0.1) is 0 Å². The number of carbonyl (C=O) groups excluding carboxylic acids is 1. The van der Waals surface area contributed by atoms with E-state index in [-0.39, 0.29) is 24.2 Å². The van der Waals surface area contributed by atoms with Crippen LogP contribution in [0.15, 0.2) is 53.2 Å². The molecule has 1 saturated heterocycles. The van der Waals surface area contributed by atoms with Crippen molar-refractivity contribution in [2.45, 2.75) is 45.1 Å². The summed E-state index contributed by atoms with van der Waals surface area (Å²) in [6.45, 7) is 9.95. The highest BCUT2D eigenvalue weighted by molar-refractivity contribution is 7.23. The summed E-state index contributed by atoms with van der Waals surface area (Å²) in [7, 11) is 0. The lowest BCUT2D eigenvalue weighted by molar-refractivity contribution is -0.117. The topological polar surface area (TPSA) is 115 Å². The SMILES string of the molecule is CC(C)(C)c1cc(CC(=O)Cc2ccc(-c3cn4c(n3)sc3nc(OCC(O)CN5CCOCC5)ccc34)cc2)no1. The van der Waals surface area contributed by atoms with Crippen molar-refractivity contribution in [1.82, 2.24) is 24.4 Å². The molecule has 0 aliphatic carbocycles. The van der Waals surface area contributed by atoms with E-state index in [1.165, 1.54) is 11.3 Å². The van der Waals surface area contributed by atoms with Crippen molar-refractivity contribution in [2.24, 2.45) is 0 Å². The van der Waals surface area contributed by atoms with Gasteiger partial charge in [0, 0.05) is 55.4 Å². The molecule has 0 spiro atoms. The first kappa shape index (κ1) is 28.5. The molecule has 1 unspecified atom stereocenters. The van der Waals surface area contributed by atoms with Crippen molar-refractivity contribution in [3.63, 3.8) is 0 Å². The molecule has 0 saturated carbocycles. The number of pyridine rings is 1. The van der Waals surface area contributed by atoms with Crippen LogP contribution >= 0.6 is 11.3 Å². The molecule has 10 nitrogen and oxygen atoms in total. The first-order valence-electron chi connectivity index (χ1n) is 14.2. The second-order valence-corrected chi connectivity index (χ2v) is 12.7. The van der Waals surface area contributed by atoms with E-state index in [0.29, 0.717) is 37.8 Å². The van der Waals surface area contributed by atoms with Crippen LogP contribution in [-0.4, -0.2) is 80.9 Å². The number of carbonyl (C=O) groups is 1. The zero-order chi connectivity index (χ0) is 29.3. The number of Topliss-reactive ketones (excluding diaryl/α,β-unsaturated/α-hetero) is 1. The van der Waals surface area contributed by atoms with Gasteiger partial charge >= 0.3 is 0 Å². The van der Waals surface area contributed by atoms with Crippen LogP contribution in [0.4, 0.5) is 0 Å². The molecule has 11 heteroatoms. The van der Waals surface area contributed by atoms with Crippen molar-refractivity contribution in [2.75, 3.05) is 39.5 Å². The van der Waals surface area contributed by atoms with Gasteiger partial charge in [-0.3, -0.25) is 14.1 Å². The van der Waals surface area contributed by atoms with Crippen LogP contribution in [-0.2, 0) is 27.8 Å². The zero-order valence-electron chi connectivity index (χ0n) is 24.1. The Labute approximate surface area is 247 Å². The van der Waals surface area contributed by atoms with Crippen LogP contribution in [0.2, 0.25) is 0 Å². The number of ether oxygens (including phenoxy) is 2. The van der Waals surface area contributed by atoms with E-state index in [4.69, 9.17) is 19.0 Å². The Bertz CT molecular complexity index is 1680.